The van der Waals surface area contributed by atoms with Gasteiger partial charge in [-0.05, 0) is 25.8 Å². The molecule has 2 fully saturated rings. The van der Waals surface area contributed by atoms with Crippen LogP contribution in [-0.4, -0.2) is 57.8 Å². The van der Waals surface area contributed by atoms with E-state index in [9.17, 15) is 9.59 Å². The summed E-state index contributed by atoms with van der Waals surface area (Å²) in [6, 6.07) is 1.34. The predicted octanol–water partition coefficient (Wildman–Crippen LogP) is 1.72. The summed E-state index contributed by atoms with van der Waals surface area (Å²) in [5.41, 5.74) is 2.31. The molecular weight excluding hydrogens is 326 g/mol. The summed E-state index contributed by atoms with van der Waals surface area (Å²) in [4.78, 5) is 30.4. The molecule has 1 aliphatic carbocycles. The first kappa shape index (κ1) is 16.0. The number of carbonyl (C=O) groups is 2. The molecule has 132 valence electrons. The lowest BCUT2D eigenvalue weighted by molar-refractivity contribution is -0.139. The molecule has 0 radical (unpaired) electrons. The number of hydrogen-bond donors (Lipinski definition) is 1. The van der Waals surface area contributed by atoms with Gasteiger partial charge in [0.25, 0.3) is 11.6 Å². The van der Waals surface area contributed by atoms with E-state index in [1.807, 2.05) is 6.07 Å². The van der Waals surface area contributed by atoms with Crippen molar-refractivity contribution in [2.45, 2.75) is 38.1 Å². The van der Waals surface area contributed by atoms with Gasteiger partial charge in [-0.1, -0.05) is 5.16 Å². The highest BCUT2D eigenvalue weighted by atomic mass is 16.5. The Balaban J connectivity index is 1.75. The van der Waals surface area contributed by atoms with Gasteiger partial charge in [0, 0.05) is 18.2 Å². The van der Waals surface area contributed by atoms with Gasteiger partial charge in [0.05, 0.1) is 42.3 Å². The molecule has 8 nitrogen and oxygen atoms in total. The maximum atomic E-state index is 13.2. The van der Waals surface area contributed by atoms with Crippen LogP contribution < -0.4 is 0 Å². The Morgan fingerprint density at radius 3 is 2.92 bits per heavy atom. The second-order valence-electron chi connectivity index (χ2n) is 6.64. The number of aromatic nitrogens is 2. The third-order valence-electron chi connectivity index (χ3n) is 4.76. The second-order valence-corrected chi connectivity index (χ2v) is 6.64. The number of hydrogen-bond acceptors (Lipinski definition) is 6. The molecule has 1 saturated heterocycles. The monoisotopic (exact) mass is 345 g/mol. The van der Waals surface area contributed by atoms with Crippen molar-refractivity contribution in [1.82, 2.24) is 15.0 Å². The highest BCUT2D eigenvalue weighted by molar-refractivity contribution is 6.06. The van der Waals surface area contributed by atoms with Gasteiger partial charge in [-0.3, -0.25) is 9.59 Å². The number of ether oxygens (including phenoxy) is 1. The summed E-state index contributed by atoms with van der Waals surface area (Å²) in [6.45, 7) is 2.76. The van der Waals surface area contributed by atoms with Crippen molar-refractivity contribution in [2.75, 3.05) is 19.8 Å². The fourth-order valence-corrected chi connectivity index (χ4v) is 3.32. The summed E-state index contributed by atoms with van der Waals surface area (Å²) in [7, 11) is 0. The maximum Gasteiger partial charge on any atom is 0.305 e. The molecule has 0 bridgehead atoms. The number of carboxylic acids is 1. The van der Waals surface area contributed by atoms with Crippen LogP contribution in [0.15, 0.2) is 10.6 Å². The van der Waals surface area contributed by atoms with Crippen molar-refractivity contribution in [3.8, 4) is 0 Å². The summed E-state index contributed by atoms with van der Waals surface area (Å²) in [6.07, 6.45) is 1.97. The number of morpholine rings is 1. The molecular formula is C17H19N3O5. The topological polar surface area (TPSA) is 106 Å². The zero-order valence-electron chi connectivity index (χ0n) is 13.9. The van der Waals surface area contributed by atoms with Crippen molar-refractivity contribution in [1.29, 1.82) is 0 Å². The Labute approximate surface area is 143 Å². The van der Waals surface area contributed by atoms with Gasteiger partial charge in [-0.25, -0.2) is 4.98 Å². The smallest absolute Gasteiger partial charge is 0.305 e. The fraction of sp³-hybridized carbons (Fsp3) is 0.529. The first-order valence-electron chi connectivity index (χ1n) is 8.42. The molecule has 1 N–H and O–H groups in total. The molecule has 4 rings (SSSR count). The number of aliphatic carboxylic acids is 1. The van der Waals surface area contributed by atoms with E-state index in [0.717, 1.165) is 18.5 Å². The van der Waals surface area contributed by atoms with Crippen molar-refractivity contribution < 1.29 is 24.0 Å². The maximum absolute atomic E-state index is 13.2. The van der Waals surface area contributed by atoms with E-state index >= 15 is 0 Å². The zero-order valence-corrected chi connectivity index (χ0v) is 13.9. The first-order chi connectivity index (χ1) is 12.0. The van der Waals surface area contributed by atoms with Crippen LogP contribution in [0.3, 0.4) is 0 Å². The molecule has 1 aliphatic heterocycles. The van der Waals surface area contributed by atoms with Gasteiger partial charge in [0.15, 0.2) is 0 Å². The third-order valence-corrected chi connectivity index (χ3v) is 4.76. The van der Waals surface area contributed by atoms with Crippen molar-refractivity contribution in [3.05, 3.63) is 23.0 Å². The molecule has 2 aromatic heterocycles. The molecule has 25 heavy (non-hydrogen) atoms. The average molecular weight is 345 g/mol. The van der Waals surface area contributed by atoms with Crippen LogP contribution in [0.4, 0.5) is 0 Å². The molecule has 2 aliphatic rings. The van der Waals surface area contributed by atoms with Crippen LogP contribution in [0.1, 0.15) is 46.9 Å². The van der Waals surface area contributed by atoms with Crippen molar-refractivity contribution in [3.63, 3.8) is 0 Å². The van der Waals surface area contributed by atoms with Gasteiger partial charge in [0.1, 0.15) is 0 Å². The number of nitrogens with zero attached hydrogens (tertiary/aromatic N) is 3. The molecule has 0 aromatic carbocycles. The lowest BCUT2D eigenvalue weighted by Gasteiger charge is -2.35. The Morgan fingerprint density at radius 2 is 2.20 bits per heavy atom. The van der Waals surface area contributed by atoms with Crippen molar-refractivity contribution >= 4 is 23.0 Å². The average Bonchev–Trinajstić information content (AvgIpc) is 3.37. The summed E-state index contributed by atoms with van der Waals surface area (Å²) >= 11 is 0. The minimum atomic E-state index is -0.951. The van der Waals surface area contributed by atoms with Crippen LogP contribution >= 0.6 is 0 Å². The standard InChI is InChI=1S/C17H19N3O5/c1-9-15-12(7-13(10-2-3-10)18-16(15)25-19-9)17(23)20-4-5-24-8-11(20)6-14(21)22/h7,10-11H,2-6,8H2,1H3,(H,21,22). The molecule has 8 heteroatoms. The SMILES string of the molecule is Cc1noc2nc(C3CC3)cc(C(=O)N3CCOCC3CC(=O)O)c12. The highest BCUT2D eigenvalue weighted by Crippen LogP contribution is 2.40. The summed E-state index contributed by atoms with van der Waals surface area (Å²) in [5, 5.41) is 13.7. The number of pyridine rings is 1. The molecule has 1 amide bonds. The molecule has 1 saturated carbocycles. The Morgan fingerprint density at radius 1 is 1.40 bits per heavy atom. The number of fused-ring (bicyclic) bond motifs is 1. The molecule has 1 atom stereocenters. The van der Waals surface area contributed by atoms with Crippen LogP contribution in [0.2, 0.25) is 0 Å². The number of carbonyl (C=O) groups excluding carboxylic acids is 1. The molecule has 3 heterocycles. The normalized spacial score (nSPS) is 20.8. The quantitative estimate of drug-likeness (QED) is 0.899. The van der Waals surface area contributed by atoms with Crippen LogP contribution in [0, 0.1) is 6.92 Å². The molecule has 1 unspecified atom stereocenters. The first-order valence-corrected chi connectivity index (χ1v) is 8.42. The van der Waals surface area contributed by atoms with Crippen molar-refractivity contribution in [2.24, 2.45) is 0 Å². The van der Waals surface area contributed by atoms with E-state index < -0.39 is 12.0 Å². The fourth-order valence-electron chi connectivity index (χ4n) is 3.32. The molecule has 0 spiro atoms. The van der Waals surface area contributed by atoms with Gasteiger partial charge in [0.2, 0.25) is 0 Å². The Hall–Kier alpha value is -2.48. The minimum absolute atomic E-state index is 0.141. The summed E-state index contributed by atoms with van der Waals surface area (Å²) in [5.74, 6) is -0.802. The number of rotatable bonds is 4. The van der Waals surface area contributed by atoms with E-state index in [2.05, 4.69) is 10.1 Å². The molecule has 2 aromatic rings. The lowest BCUT2D eigenvalue weighted by Crippen LogP contribution is -2.49. The zero-order chi connectivity index (χ0) is 17.6. The Kier molecular flexibility index (Phi) is 3.91. The Bertz CT molecular complexity index is 842. The minimum Gasteiger partial charge on any atom is -0.481 e. The van der Waals surface area contributed by atoms with E-state index in [4.69, 9.17) is 14.4 Å². The number of carboxylic acid groups (broad SMARTS) is 1. The van der Waals surface area contributed by atoms with E-state index in [0.29, 0.717) is 41.4 Å². The summed E-state index contributed by atoms with van der Waals surface area (Å²) < 4.78 is 10.7. The highest BCUT2D eigenvalue weighted by Gasteiger charge is 2.33. The lowest BCUT2D eigenvalue weighted by atomic mass is 10.0. The largest absolute Gasteiger partial charge is 0.481 e. The van der Waals surface area contributed by atoms with Crippen LogP contribution in [0.5, 0.6) is 0 Å². The van der Waals surface area contributed by atoms with E-state index in [-0.39, 0.29) is 18.9 Å². The predicted molar refractivity (Wildman–Crippen MR) is 86.4 cm³/mol. The van der Waals surface area contributed by atoms with E-state index in [1.54, 1.807) is 11.8 Å². The van der Waals surface area contributed by atoms with Gasteiger partial charge < -0.3 is 19.3 Å². The van der Waals surface area contributed by atoms with Crippen LogP contribution in [0.25, 0.3) is 11.1 Å². The number of amides is 1. The second kappa shape index (κ2) is 6.11. The van der Waals surface area contributed by atoms with Gasteiger partial charge in [-0.2, -0.15) is 0 Å². The number of aryl methyl sites for hydroxylation is 1. The third kappa shape index (κ3) is 2.97. The van der Waals surface area contributed by atoms with Gasteiger partial charge >= 0.3 is 5.97 Å². The van der Waals surface area contributed by atoms with Gasteiger partial charge in [-0.15, -0.1) is 0 Å². The van der Waals surface area contributed by atoms with Crippen LogP contribution in [-0.2, 0) is 9.53 Å². The van der Waals surface area contributed by atoms with E-state index in [1.165, 1.54) is 0 Å².